The molecule has 4 rings (SSSR count). The van der Waals surface area contributed by atoms with Crippen LogP contribution in [0.5, 0.6) is 0 Å². The first-order valence-electron chi connectivity index (χ1n) is 10.0. The molecule has 31 heavy (non-hydrogen) atoms. The Balaban J connectivity index is 1.54. The van der Waals surface area contributed by atoms with E-state index in [1.54, 1.807) is 35.2 Å². The second-order valence-electron chi connectivity index (χ2n) is 7.47. The molecule has 0 radical (unpaired) electrons. The van der Waals surface area contributed by atoms with Gasteiger partial charge in [-0.15, -0.1) is 11.8 Å². The number of nitrogens with one attached hydrogen (secondary N) is 2. The van der Waals surface area contributed by atoms with Crippen molar-refractivity contribution >= 4 is 56.6 Å². The molecule has 0 saturated carbocycles. The monoisotopic (exact) mass is 479 g/mol. The number of likely N-dealkylation sites (tertiary alicyclic amines) is 1. The van der Waals surface area contributed by atoms with Crippen LogP contribution in [0.3, 0.4) is 0 Å². The van der Waals surface area contributed by atoms with Gasteiger partial charge in [-0.1, -0.05) is 36.6 Å². The third-order valence-electron chi connectivity index (χ3n) is 5.26. The minimum atomic E-state index is -3.91. The predicted octanol–water partition coefficient (Wildman–Crippen LogP) is 3.96. The van der Waals surface area contributed by atoms with E-state index < -0.39 is 21.2 Å². The molecule has 2 heterocycles. The molecule has 0 unspecified atom stereocenters. The molecule has 2 aromatic rings. The highest BCUT2D eigenvalue weighted by Crippen LogP contribution is 2.38. The molecule has 2 aliphatic heterocycles. The number of thioether (sulfide) groups is 1. The summed E-state index contributed by atoms with van der Waals surface area (Å²) in [7, 11) is -3.91. The lowest BCUT2D eigenvalue weighted by Crippen LogP contribution is -2.45. The number of sulfonamides is 1. The fourth-order valence-electron chi connectivity index (χ4n) is 3.62. The Morgan fingerprint density at radius 2 is 1.81 bits per heavy atom. The predicted molar refractivity (Wildman–Crippen MR) is 122 cm³/mol. The maximum atomic E-state index is 12.9. The molecule has 0 bridgehead atoms. The molecule has 0 aromatic heterocycles. The van der Waals surface area contributed by atoms with Gasteiger partial charge < -0.3 is 10.2 Å². The zero-order valence-corrected chi connectivity index (χ0v) is 19.0. The molecule has 10 heteroatoms. The number of benzene rings is 2. The lowest BCUT2D eigenvalue weighted by molar-refractivity contribution is -0.133. The maximum absolute atomic E-state index is 12.9. The molecule has 2 aliphatic rings. The topological polar surface area (TPSA) is 95.6 Å². The molecule has 1 fully saturated rings. The zero-order valence-electron chi connectivity index (χ0n) is 16.6. The average Bonchev–Trinajstić information content (AvgIpc) is 3.03. The maximum Gasteiger partial charge on any atom is 0.262 e. The van der Waals surface area contributed by atoms with Gasteiger partial charge in [0.05, 0.1) is 21.3 Å². The van der Waals surface area contributed by atoms with E-state index >= 15 is 0 Å². The van der Waals surface area contributed by atoms with E-state index in [0.717, 1.165) is 37.4 Å². The van der Waals surface area contributed by atoms with E-state index in [9.17, 15) is 18.0 Å². The number of carbonyl (C=O) groups excluding carboxylic acids is 2. The molecule has 0 aliphatic carbocycles. The molecule has 0 spiro atoms. The fraction of sp³-hybridized carbons (Fsp3) is 0.333. The summed E-state index contributed by atoms with van der Waals surface area (Å²) in [5.41, 5.74) is 0.639. The van der Waals surface area contributed by atoms with E-state index in [1.807, 2.05) is 0 Å². The number of rotatable bonds is 4. The van der Waals surface area contributed by atoms with Gasteiger partial charge in [0.15, 0.2) is 5.25 Å². The summed E-state index contributed by atoms with van der Waals surface area (Å²) in [5.74, 6) is -0.618. The summed E-state index contributed by atoms with van der Waals surface area (Å²) in [4.78, 5) is 28.0. The number of hydrogen-bond acceptors (Lipinski definition) is 5. The molecular formula is C21H22ClN3O4S2. The second-order valence-corrected chi connectivity index (χ2v) is 10.7. The number of anilines is 2. The van der Waals surface area contributed by atoms with E-state index in [0.29, 0.717) is 23.7 Å². The molecular weight excluding hydrogens is 458 g/mol. The van der Waals surface area contributed by atoms with Crippen molar-refractivity contribution in [3.63, 3.8) is 0 Å². The van der Waals surface area contributed by atoms with E-state index in [4.69, 9.17) is 11.6 Å². The Hall–Kier alpha value is -2.23. The van der Waals surface area contributed by atoms with Crippen LogP contribution in [0.4, 0.5) is 11.4 Å². The number of fused-ring (bicyclic) bond motifs is 1. The van der Waals surface area contributed by atoms with Crippen LogP contribution >= 0.6 is 23.4 Å². The number of nitrogens with zero attached hydrogens (tertiary/aromatic N) is 1. The summed E-state index contributed by atoms with van der Waals surface area (Å²) in [6.45, 7) is 1.34. The van der Waals surface area contributed by atoms with Crippen molar-refractivity contribution in [2.24, 2.45) is 0 Å². The Bertz CT molecular complexity index is 1120. The molecule has 1 atom stereocenters. The van der Waals surface area contributed by atoms with Crippen LogP contribution in [0.25, 0.3) is 0 Å². The minimum absolute atomic E-state index is 0.00985. The van der Waals surface area contributed by atoms with E-state index in [1.165, 1.54) is 12.1 Å². The van der Waals surface area contributed by atoms with Crippen LogP contribution in [-0.4, -0.2) is 43.5 Å². The average molecular weight is 480 g/mol. The van der Waals surface area contributed by atoms with Gasteiger partial charge in [-0.25, -0.2) is 8.42 Å². The van der Waals surface area contributed by atoms with Gasteiger partial charge in [0.2, 0.25) is 11.8 Å². The molecule has 7 nitrogen and oxygen atoms in total. The van der Waals surface area contributed by atoms with Crippen LogP contribution in [0.2, 0.25) is 5.02 Å². The van der Waals surface area contributed by atoms with Gasteiger partial charge in [-0.05, 0) is 43.2 Å². The quantitative estimate of drug-likeness (QED) is 0.647. The molecule has 2 aromatic carbocycles. The van der Waals surface area contributed by atoms with Crippen LogP contribution in [-0.2, 0) is 19.6 Å². The summed E-state index contributed by atoms with van der Waals surface area (Å²) < 4.78 is 28.0. The van der Waals surface area contributed by atoms with E-state index in [2.05, 4.69) is 10.0 Å². The van der Waals surface area contributed by atoms with Crippen molar-refractivity contribution in [1.82, 2.24) is 4.90 Å². The van der Waals surface area contributed by atoms with Gasteiger partial charge in [0.25, 0.3) is 10.0 Å². The lowest BCUT2D eigenvalue weighted by Gasteiger charge is -2.28. The zero-order chi connectivity index (χ0) is 22.0. The second kappa shape index (κ2) is 9.10. The number of carbonyl (C=O) groups is 2. The molecule has 2 N–H and O–H groups in total. The third-order valence-corrected chi connectivity index (χ3v) is 8.22. The van der Waals surface area contributed by atoms with Crippen molar-refractivity contribution < 1.29 is 18.0 Å². The Morgan fingerprint density at radius 1 is 1.10 bits per heavy atom. The fourth-order valence-corrected chi connectivity index (χ4v) is 6.02. The van der Waals surface area contributed by atoms with Gasteiger partial charge >= 0.3 is 0 Å². The third kappa shape index (κ3) is 4.83. The van der Waals surface area contributed by atoms with Crippen molar-refractivity contribution in [3.05, 3.63) is 47.5 Å². The minimum Gasteiger partial charge on any atom is -0.341 e. The van der Waals surface area contributed by atoms with Gasteiger partial charge in [0.1, 0.15) is 0 Å². The number of amides is 2. The first-order chi connectivity index (χ1) is 14.8. The highest BCUT2D eigenvalue weighted by molar-refractivity contribution is 8.01. The smallest absolute Gasteiger partial charge is 0.262 e. The van der Waals surface area contributed by atoms with Gasteiger partial charge in [-0.2, -0.15) is 0 Å². The van der Waals surface area contributed by atoms with Crippen molar-refractivity contribution in [2.75, 3.05) is 23.1 Å². The standard InChI is InChI=1S/C21H22ClN3O4S2/c22-15-7-3-4-8-16(15)24-31(28,29)14-9-10-18-17(13-14)23-20(26)19(30-18)21(27)25-11-5-1-2-6-12-25/h3-4,7-10,13,19,24H,1-2,5-6,11-12H2,(H,23,26)/t19-/m0/s1. The summed E-state index contributed by atoms with van der Waals surface area (Å²) >= 11 is 7.21. The number of hydrogen-bond donors (Lipinski definition) is 2. The Morgan fingerprint density at radius 3 is 2.52 bits per heavy atom. The number of halogens is 1. The number of para-hydroxylation sites is 1. The van der Waals surface area contributed by atoms with E-state index in [-0.39, 0.29) is 21.5 Å². The highest BCUT2D eigenvalue weighted by Gasteiger charge is 2.36. The van der Waals surface area contributed by atoms with Gasteiger partial charge in [0, 0.05) is 18.0 Å². The van der Waals surface area contributed by atoms with Crippen molar-refractivity contribution in [2.45, 2.75) is 40.7 Å². The van der Waals surface area contributed by atoms with Crippen LogP contribution in [0.15, 0.2) is 52.3 Å². The first kappa shape index (κ1) is 22.0. The molecule has 164 valence electrons. The molecule has 1 saturated heterocycles. The Kier molecular flexibility index (Phi) is 6.45. The van der Waals surface area contributed by atoms with Crippen LogP contribution < -0.4 is 10.0 Å². The summed E-state index contributed by atoms with van der Waals surface area (Å²) in [6, 6.07) is 11.0. The lowest BCUT2D eigenvalue weighted by atomic mass is 10.2. The Labute approximate surface area is 190 Å². The van der Waals surface area contributed by atoms with Crippen molar-refractivity contribution in [1.29, 1.82) is 0 Å². The van der Waals surface area contributed by atoms with Gasteiger partial charge in [-0.3, -0.25) is 14.3 Å². The summed E-state index contributed by atoms with van der Waals surface area (Å²) in [6.07, 6.45) is 4.08. The highest BCUT2D eigenvalue weighted by atomic mass is 35.5. The largest absolute Gasteiger partial charge is 0.341 e. The van der Waals surface area contributed by atoms with Crippen molar-refractivity contribution in [3.8, 4) is 0 Å². The SMILES string of the molecule is O=C1Nc2cc(S(=O)(=O)Nc3ccccc3Cl)ccc2S[C@@H]1C(=O)N1CCCCCC1. The molecule has 2 amide bonds. The van der Waals surface area contributed by atoms with Crippen LogP contribution in [0.1, 0.15) is 25.7 Å². The summed E-state index contributed by atoms with van der Waals surface area (Å²) in [5, 5.41) is 2.12. The van der Waals surface area contributed by atoms with Crippen LogP contribution in [0, 0.1) is 0 Å². The normalized spacial score (nSPS) is 19.2. The first-order valence-corrected chi connectivity index (χ1v) is 12.8.